The number of rotatable bonds is 10. The lowest BCUT2D eigenvalue weighted by Gasteiger charge is -2.45. The number of benzene rings is 3. The summed E-state index contributed by atoms with van der Waals surface area (Å²) in [6, 6.07) is 17.2. The molecule has 0 spiro atoms. The van der Waals surface area contributed by atoms with Crippen LogP contribution < -0.4 is 10.6 Å². The first-order valence-corrected chi connectivity index (χ1v) is 14.8. The number of amides is 4. The number of nitrogens with zero attached hydrogens (tertiary/aromatic N) is 2. The lowest BCUT2D eigenvalue weighted by Crippen LogP contribution is -2.67. The van der Waals surface area contributed by atoms with E-state index in [2.05, 4.69) is 10.6 Å². The summed E-state index contributed by atoms with van der Waals surface area (Å²) in [6.07, 6.45) is 0.478. The Hall–Kier alpha value is -4.27. The first kappa shape index (κ1) is 31.7. The van der Waals surface area contributed by atoms with Crippen LogP contribution >= 0.6 is 0 Å². The third-order valence-electron chi connectivity index (χ3n) is 7.75. The predicted molar refractivity (Wildman–Crippen MR) is 164 cm³/mol. The Morgan fingerprint density at radius 2 is 1.51 bits per heavy atom. The molecule has 4 amide bonds. The lowest BCUT2D eigenvalue weighted by molar-refractivity contribution is -0.159. The highest BCUT2D eigenvalue weighted by Gasteiger charge is 2.44. The lowest BCUT2D eigenvalue weighted by atomic mass is 9.93. The van der Waals surface area contributed by atoms with Crippen LogP contribution in [0.5, 0.6) is 0 Å². The molecule has 43 heavy (non-hydrogen) atoms. The van der Waals surface area contributed by atoms with Crippen LogP contribution in [0, 0.1) is 11.7 Å². The van der Waals surface area contributed by atoms with Crippen LogP contribution in [-0.2, 0) is 32.0 Å². The average Bonchev–Trinajstić information content (AvgIpc) is 2.95. The molecule has 0 aromatic heterocycles. The van der Waals surface area contributed by atoms with Gasteiger partial charge >= 0.3 is 0 Å². The van der Waals surface area contributed by atoms with Crippen molar-refractivity contribution in [1.82, 2.24) is 20.4 Å². The Balaban J connectivity index is 1.61. The fourth-order valence-electron chi connectivity index (χ4n) is 5.79. The molecule has 2 N–H and O–H groups in total. The molecular weight excluding hydrogens is 547 g/mol. The number of carbonyl (C=O) groups is 4. The molecule has 0 bridgehead atoms. The van der Waals surface area contributed by atoms with Crippen molar-refractivity contribution in [2.45, 2.75) is 71.6 Å². The molecule has 1 aliphatic rings. The van der Waals surface area contributed by atoms with E-state index in [0.29, 0.717) is 12.0 Å². The SMILES string of the molecule is CC(=O)N[C@H](Cc1ccc(F)cc1)C(=O)N1CCN([C@@H](Cc2ccc3ccccc3c2)C(=O)NC(C)C)C(=O)[C@@H]1C(C)C. The number of halogens is 1. The number of nitrogens with one attached hydrogen (secondary N) is 2. The van der Waals surface area contributed by atoms with E-state index in [1.165, 1.54) is 24.0 Å². The quantitative estimate of drug-likeness (QED) is 0.376. The zero-order valence-corrected chi connectivity index (χ0v) is 25.5. The van der Waals surface area contributed by atoms with Crippen molar-refractivity contribution < 1.29 is 23.6 Å². The van der Waals surface area contributed by atoms with Crippen molar-refractivity contribution in [1.29, 1.82) is 0 Å². The predicted octanol–water partition coefficient (Wildman–Crippen LogP) is 3.86. The molecule has 3 atom stereocenters. The Labute approximate surface area is 252 Å². The third-order valence-corrected chi connectivity index (χ3v) is 7.75. The van der Waals surface area contributed by atoms with E-state index in [-0.39, 0.29) is 55.1 Å². The summed E-state index contributed by atoms with van der Waals surface area (Å²) in [4.78, 5) is 56.9. The van der Waals surface area contributed by atoms with Crippen LogP contribution in [0.1, 0.15) is 45.7 Å². The van der Waals surface area contributed by atoms with E-state index < -0.39 is 23.9 Å². The standard InChI is InChI=1S/C34H41FN4O4/c1-21(2)31-34(43)38(16-17-39(31)33(42)29(37-23(5)40)19-24-11-14-28(35)15-12-24)30(32(41)36-22(3)4)20-25-10-13-26-8-6-7-9-27(26)18-25/h6-15,18,21-22,29-31H,16-17,19-20H2,1-5H3,(H,36,41)(H,37,40)/t29-,30+,31+/m1/s1. The van der Waals surface area contributed by atoms with Gasteiger partial charge in [0, 0.05) is 38.9 Å². The van der Waals surface area contributed by atoms with E-state index in [0.717, 1.165) is 16.3 Å². The summed E-state index contributed by atoms with van der Waals surface area (Å²) in [7, 11) is 0. The maximum Gasteiger partial charge on any atom is 0.246 e. The molecule has 4 rings (SSSR count). The molecule has 0 aliphatic carbocycles. The Morgan fingerprint density at radius 3 is 2.14 bits per heavy atom. The highest BCUT2D eigenvalue weighted by Crippen LogP contribution is 2.25. The monoisotopic (exact) mass is 588 g/mol. The van der Waals surface area contributed by atoms with Crippen LogP contribution in [0.15, 0.2) is 66.7 Å². The first-order chi connectivity index (χ1) is 20.4. The van der Waals surface area contributed by atoms with E-state index in [9.17, 15) is 23.6 Å². The zero-order chi connectivity index (χ0) is 31.3. The minimum absolute atomic E-state index is 0.115. The molecule has 0 radical (unpaired) electrons. The molecular formula is C34H41FN4O4. The van der Waals surface area contributed by atoms with Gasteiger partial charge in [0.25, 0.3) is 0 Å². The Bertz CT molecular complexity index is 1470. The topological polar surface area (TPSA) is 98.8 Å². The van der Waals surface area contributed by atoms with Crippen LogP contribution in [0.3, 0.4) is 0 Å². The summed E-state index contributed by atoms with van der Waals surface area (Å²) in [6.45, 7) is 9.20. The van der Waals surface area contributed by atoms with E-state index in [4.69, 9.17) is 0 Å². The van der Waals surface area contributed by atoms with Gasteiger partial charge in [-0.15, -0.1) is 0 Å². The molecule has 8 nitrogen and oxygen atoms in total. The van der Waals surface area contributed by atoms with Gasteiger partial charge in [-0.25, -0.2) is 4.39 Å². The minimum Gasteiger partial charge on any atom is -0.352 e. The van der Waals surface area contributed by atoms with Crippen molar-refractivity contribution >= 4 is 34.4 Å². The normalized spacial score (nSPS) is 16.8. The Kier molecular flexibility index (Phi) is 10.2. The van der Waals surface area contributed by atoms with E-state index in [1.54, 1.807) is 17.0 Å². The van der Waals surface area contributed by atoms with Crippen molar-refractivity contribution in [3.05, 3.63) is 83.7 Å². The second-order valence-corrected chi connectivity index (χ2v) is 11.9. The molecule has 1 aliphatic heterocycles. The van der Waals surface area contributed by atoms with Gasteiger partial charge in [-0.05, 0) is 53.8 Å². The number of hydrogen-bond donors (Lipinski definition) is 2. The maximum absolute atomic E-state index is 14.2. The Morgan fingerprint density at radius 1 is 0.860 bits per heavy atom. The first-order valence-electron chi connectivity index (χ1n) is 14.8. The van der Waals surface area contributed by atoms with Crippen LogP contribution in [0.4, 0.5) is 4.39 Å². The summed E-state index contributed by atoms with van der Waals surface area (Å²) in [5.41, 5.74) is 1.61. The number of piperazine rings is 1. The molecule has 3 aromatic carbocycles. The zero-order valence-electron chi connectivity index (χ0n) is 25.5. The van der Waals surface area contributed by atoms with Gasteiger partial charge in [0.05, 0.1) is 0 Å². The molecule has 1 fully saturated rings. The fraction of sp³-hybridized carbons (Fsp3) is 0.412. The second kappa shape index (κ2) is 13.8. The number of fused-ring (bicyclic) bond motifs is 1. The van der Waals surface area contributed by atoms with E-state index in [1.807, 2.05) is 70.2 Å². The largest absolute Gasteiger partial charge is 0.352 e. The number of hydrogen-bond acceptors (Lipinski definition) is 4. The molecule has 9 heteroatoms. The maximum atomic E-state index is 14.2. The average molecular weight is 589 g/mol. The molecule has 0 unspecified atom stereocenters. The van der Waals surface area contributed by atoms with Crippen LogP contribution in [0.25, 0.3) is 10.8 Å². The van der Waals surface area contributed by atoms with Gasteiger partial charge in [0.2, 0.25) is 23.6 Å². The molecule has 0 saturated carbocycles. The highest BCUT2D eigenvalue weighted by molar-refractivity contribution is 5.95. The molecule has 228 valence electrons. The van der Waals surface area contributed by atoms with Crippen LogP contribution in [-0.4, -0.2) is 70.7 Å². The third kappa shape index (κ3) is 7.77. The summed E-state index contributed by atoms with van der Waals surface area (Å²) < 4.78 is 13.5. The van der Waals surface area contributed by atoms with Gasteiger partial charge in [0.15, 0.2) is 0 Å². The van der Waals surface area contributed by atoms with Gasteiger partial charge in [0.1, 0.15) is 23.9 Å². The molecule has 1 heterocycles. The van der Waals surface area contributed by atoms with E-state index >= 15 is 0 Å². The van der Waals surface area contributed by atoms with Gasteiger partial charge in [-0.2, -0.15) is 0 Å². The minimum atomic E-state index is -0.929. The summed E-state index contributed by atoms with van der Waals surface area (Å²) in [5, 5.41) is 7.84. The van der Waals surface area contributed by atoms with Gasteiger partial charge < -0.3 is 20.4 Å². The second-order valence-electron chi connectivity index (χ2n) is 11.9. The van der Waals surface area contributed by atoms with Gasteiger partial charge in [-0.1, -0.05) is 68.4 Å². The fourth-order valence-corrected chi connectivity index (χ4v) is 5.79. The van der Waals surface area contributed by atoms with Gasteiger partial charge in [-0.3, -0.25) is 19.2 Å². The smallest absolute Gasteiger partial charge is 0.246 e. The van der Waals surface area contributed by atoms with Crippen molar-refractivity contribution in [3.8, 4) is 0 Å². The highest BCUT2D eigenvalue weighted by atomic mass is 19.1. The van der Waals surface area contributed by atoms with Crippen molar-refractivity contribution in [3.63, 3.8) is 0 Å². The molecule has 3 aromatic rings. The summed E-state index contributed by atoms with van der Waals surface area (Å²) >= 11 is 0. The number of carbonyl (C=O) groups excluding carboxylic acids is 4. The van der Waals surface area contributed by atoms with Crippen molar-refractivity contribution in [2.75, 3.05) is 13.1 Å². The summed E-state index contributed by atoms with van der Waals surface area (Å²) in [5.74, 6) is -1.96. The van der Waals surface area contributed by atoms with Crippen LogP contribution in [0.2, 0.25) is 0 Å². The van der Waals surface area contributed by atoms with Crippen molar-refractivity contribution in [2.24, 2.45) is 5.92 Å². The molecule has 1 saturated heterocycles.